The fraction of sp³-hybridized carbons (Fsp3) is 0.286. The van der Waals surface area contributed by atoms with Gasteiger partial charge in [-0.15, -0.1) is 0 Å². The van der Waals surface area contributed by atoms with Crippen molar-refractivity contribution in [1.82, 2.24) is 4.31 Å². The van der Waals surface area contributed by atoms with E-state index in [9.17, 15) is 23.6 Å². The van der Waals surface area contributed by atoms with Crippen LogP contribution in [0.5, 0.6) is 0 Å². The zero-order valence-corrected chi connectivity index (χ0v) is 14.5. The second kappa shape index (κ2) is 7.71. The quantitative estimate of drug-likeness (QED) is 0.541. The van der Waals surface area contributed by atoms with Crippen LogP contribution in [-0.4, -0.2) is 43.0 Å². The fourth-order valence-electron chi connectivity index (χ4n) is 2.11. The Bertz CT molecular complexity index is 805. The van der Waals surface area contributed by atoms with Gasteiger partial charge in [0.25, 0.3) is 10.0 Å². The van der Waals surface area contributed by atoms with E-state index in [1.54, 1.807) is 24.3 Å². The summed E-state index contributed by atoms with van der Waals surface area (Å²) >= 11 is 0.795. The van der Waals surface area contributed by atoms with Crippen LogP contribution in [-0.2, 0) is 16.6 Å². The highest BCUT2D eigenvalue weighted by Crippen LogP contribution is 2.38. The van der Waals surface area contributed by atoms with Gasteiger partial charge in [0.05, 0.1) is 11.5 Å². The Kier molecular flexibility index (Phi) is 5.89. The molecular weight excluding hydrogens is 354 g/mol. The molecule has 1 aromatic carbocycles. The van der Waals surface area contributed by atoms with E-state index in [1.165, 1.54) is 7.05 Å². The van der Waals surface area contributed by atoms with Crippen LogP contribution in [0, 0.1) is 10.1 Å². The third kappa shape index (κ3) is 3.90. The van der Waals surface area contributed by atoms with Crippen LogP contribution >= 0.6 is 11.3 Å². The van der Waals surface area contributed by atoms with Gasteiger partial charge < -0.3 is 10.4 Å². The number of nitrogens with zero attached hydrogens (tertiary/aromatic N) is 2. The molecule has 0 aliphatic carbocycles. The average molecular weight is 371 g/mol. The standard InChI is InChI=1S/C14H17N3O5S2/c1-15-14-12(17(19)20)9-13(23-14)24(21,22)16(7-8-18)10-11-5-3-2-4-6-11/h2-6,9,15,18H,7-8,10H2,1H3. The maximum absolute atomic E-state index is 12.8. The molecule has 1 aromatic heterocycles. The van der Waals surface area contributed by atoms with Crippen molar-refractivity contribution in [2.24, 2.45) is 0 Å². The van der Waals surface area contributed by atoms with Gasteiger partial charge in [0.1, 0.15) is 4.21 Å². The average Bonchev–Trinajstić information content (AvgIpc) is 3.01. The van der Waals surface area contributed by atoms with E-state index >= 15 is 0 Å². The number of nitrogens with one attached hydrogen (secondary N) is 1. The molecule has 0 radical (unpaired) electrons. The van der Waals surface area contributed by atoms with Crippen LogP contribution in [0.2, 0.25) is 0 Å². The first-order valence-corrected chi connectivity index (χ1v) is 9.26. The molecule has 0 amide bonds. The van der Waals surface area contributed by atoms with E-state index in [0.29, 0.717) is 0 Å². The lowest BCUT2D eigenvalue weighted by Gasteiger charge is -2.20. The number of hydrogen-bond donors (Lipinski definition) is 2. The summed E-state index contributed by atoms with van der Waals surface area (Å²) in [5, 5.41) is 23.0. The molecule has 24 heavy (non-hydrogen) atoms. The van der Waals surface area contributed by atoms with Crippen LogP contribution < -0.4 is 5.32 Å². The Morgan fingerprint density at radius 3 is 2.50 bits per heavy atom. The van der Waals surface area contributed by atoms with Crippen LogP contribution in [0.3, 0.4) is 0 Å². The van der Waals surface area contributed by atoms with E-state index in [2.05, 4.69) is 5.32 Å². The molecule has 0 saturated carbocycles. The SMILES string of the molecule is CNc1sc(S(=O)(=O)N(CCO)Cc2ccccc2)cc1[N+](=O)[O-]. The maximum Gasteiger partial charge on any atom is 0.304 e. The van der Waals surface area contributed by atoms with Crippen molar-refractivity contribution in [3.8, 4) is 0 Å². The number of hydrogen-bond acceptors (Lipinski definition) is 7. The summed E-state index contributed by atoms with van der Waals surface area (Å²) in [6.07, 6.45) is 0. The highest BCUT2D eigenvalue weighted by molar-refractivity contribution is 7.91. The van der Waals surface area contributed by atoms with E-state index in [0.717, 1.165) is 27.3 Å². The van der Waals surface area contributed by atoms with Gasteiger partial charge >= 0.3 is 5.69 Å². The van der Waals surface area contributed by atoms with E-state index in [4.69, 9.17) is 0 Å². The van der Waals surface area contributed by atoms with Crippen molar-refractivity contribution in [2.45, 2.75) is 10.8 Å². The number of nitro groups is 1. The molecule has 0 aliphatic heterocycles. The summed E-state index contributed by atoms with van der Waals surface area (Å²) in [6, 6.07) is 9.98. The predicted octanol–water partition coefficient (Wildman–Crippen LogP) is 1.88. The first-order chi connectivity index (χ1) is 11.4. The van der Waals surface area contributed by atoms with E-state index in [-0.39, 0.29) is 34.6 Å². The van der Waals surface area contributed by atoms with E-state index in [1.807, 2.05) is 6.07 Å². The van der Waals surface area contributed by atoms with Gasteiger partial charge in [0.2, 0.25) is 0 Å². The van der Waals surface area contributed by atoms with Crippen molar-refractivity contribution < 1.29 is 18.4 Å². The third-order valence-electron chi connectivity index (χ3n) is 3.26. The van der Waals surface area contributed by atoms with E-state index < -0.39 is 14.9 Å². The summed E-state index contributed by atoms with van der Waals surface area (Å²) in [6.45, 7) is -0.374. The molecule has 0 bridgehead atoms. The van der Waals surface area contributed by atoms with Gasteiger partial charge in [-0.1, -0.05) is 41.7 Å². The molecule has 0 atom stereocenters. The number of aliphatic hydroxyl groups excluding tert-OH is 1. The van der Waals surface area contributed by atoms with Crippen molar-refractivity contribution in [1.29, 1.82) is 0 Å². The monoisotopic (exact) mass is 371 g/mol. The molecule has 130 valence electrons. The molecule has 8 nitrogen and oxygen atoms in total. The number of anilines is 1. The highest BCUT2D eigenvalue weighted by atomic mass is 32.2. The number of thiophene rings is 1. The molecule has 2 N–H and O–H groups in total. The molecule has 0 unspecified atom stereocenters. The normalized spacial score (nSPS) is 11.6. The Labute approximate surface area is 143 Å². The van der Waals surface area contributed by atoms with Gasteiger partial charge in [-0.05, 0) is 5.56 Å². The van der Waals surface area contributed by atoms with Gasteiger partial charge in [-0.3, -0.25) is 10.1 Å². The molecule has 0 saturated heterocycles. The first kappa shape index (κ1) is 18.3. The van der Waals surface area contributed by atoms with Crippen LogP contribution in [0.25, 0.3) is 0 Å². The summed E-state index contributed by atoms with van der Waals surface area (Å²) in [4.78, 5) is 10.4. The van der Waals surface area contributed by atoms with Gasteiger partial charge in [0.15, 0.2) is 5.00 Å². The zero-order valence-electron chi connectivity index (χ0n) is 12.9. The molecule has 1 heterocycles. The number of rotatable bonds is 8. The van der Waals surface area contributed by atoms with Crippen LogP contribution in [0.4, 0.5) is 10.7 Å². The smallest absolute Gasteiger partial charge is 0.304 e. The Hall–Kier alpha value is -2.01. The lowest BCUT2D eigenvalue weighted by molar-refractivity contribution is -0.383. The lowest BCUT2D eigenvalue weighted by atomic mass is 10.2. The van der Waals surface area contributed by atoms with Crippen molar-refractivity contribution in [2.75, 3.05) is 25.5 Å². The number of benzene rings is 1. The molecule has 0 spiro atoms. The Morgan fingerprint density at radius 2 is 2.00 bits per heavy atom. The third-order valence-corrected chi connectivity index (χ3v) is 6.70. The summed E-state index contributed by atoms with van der Waals surface area (Å²) in [5.74, 6) is 0. The minimum absolute atomic E-state index is 0.0737. The highest BCUT2D eigenvalue weighted by Gasteiger charge is 2.30. The Balaban J connectivity index is 2.39. The second-order valence-corrected chi connectivity index (χ2v) is 8.05. The maximum atomic E-state index is 12.8. The molecule has 10 heteroatoms. The van der Waals surface area contributed by atoms with Crippen molar-refractivity contribution in [3.05, 3.63) is 52.1 Å². The van der Waals surface area contributed by atoms with Gasteiger partial charge in [-0.25, -0.2) is 8.42 Å². The minimum atomic E-state index is -3.96. The van der Waals surface area contributed by atoms with Crippen LogP contribution in [0.15, 0.2) is 40.6 Å². The summed E-state index contributed by atoms with van der Waals surface area (Å²) in [7, 11) is -2.47. The minimum Gasteiger partial charge on any atom is -0.395 e. The topological polar surface area (TPSA) is 113 Å². The predicted molar refractivity (Wildman–Crippen MR) is 91.6 cm³/mol. The van der Waals surface area contributed by atoms with Crippen molar-refractivity contribution >= 4 is 32.0 Å². The molecule has 0 aliphatic rings. The molecular formula is C14H17N3O5S2. The second-order valence-electron chi connectivity index (χ2n) is 4.83. The summed E-state index contributed by atoms with van der Waals surface area (Å²) < 4.78 is 26.6. The molecule has 0 fully saturated rings. The summed E-state index contributed by atoms with van der Waals surface area (Å²) in [5.41, 5.74) is 0.471. The van der Waals surface area contributed by atoms with Crippen LogP contribution in [0.1, 0.15) is 5.56 Å². The fourth-order valence-corrected chi connectivity index (χ4v) is 4.97. The molecule has 2 aromatic rings. The van der Waals surface area contributed by atoms with Gasteiger partial charge in [0, 0.05) is 26.2 Å². The van der Waals surface area contributed by atoms with Gasteiger partial charge in [-0.2, -0.15) is 4.31 Å². The van der Waals surface area contributed by atoms with Crippen molar-refractivity contribution in [3.63, 3.8) is 0 Å². The largest absolute Gasteiger partial charge is 0.395 e. The molecule has 2 rings (SSSR count). The number of aliphatic hydroxyl groups is 1. The zero-order chi connectivity index (χ0) is 17.7. The Morgan fingerprint density at radius 1 is 1.33 bits per heavy atom. The number of sulfonamides is 1. The lowest BCUT2D eigenvalue weighted by Crippen LogP contribution is -2.32. The first-order valence-electron chi connectivity index (χ1n) is 7.01.